The highest BCUT2D eigenvalue weighted by molar-refractivity contribution is 5.77. The fraction of sp³-hybridized carbons (Fsp3) is 0.857. The third-order valence-electron chi connectivity index (χ3n) is 6.87. The van der Waals surface area contributed by atoms with Crippen LogP contribution in [0.3, 0.4) is 0 Å². The molecule has 1 fully saturated rings. The molecule has 1 rings (SSSR count). The third kappa shape index (κ3) is 20.7. The van der Waals surface area contributed by atoms with Crippen molar-refractivity contribution in [3.05, 3.63) is 0 Å². The number of hydrogen-bond donors (Lipinski definition) is 0. The van der Waals surface area contributed by atoms with Gasteiger partial charge in [-0.3, -0.25) is 38.8 Å². The second kappa shape index (κ2) is 19.0. The average Bonchev–Trinajstić information content (AvgIpc) is 2.85. The van der Waals surface area contributed by atoms with Gasteiger partial charge in [-0.15, -0.1) is 0 Å². The largest absolute Gasteiger partial charge is 0.459 e. The van der Waals surface area contributed by atoms with Crippen LogP contribution in [0, 0.1) is 0 Å². The number of carbonyl (C=O) groups excluding carboxylic acids is 5. The molecule has 1 atom stereocenters. The van der Waals surface area contributed by atoms with Crippen LogP contribution in [0.1, 0.15) is 95.9 Å². The van der Waals surface area contributed by atoms with E-state index in [1.807, 2.05) is 81.9 Å². The van der Waals surface area contributed by atoms with Crippen LogP contribution in [-0.4, -0.2) is 150 Å². The molecule has 1 unspecified atom stereocenters. The summed E-state index contributed by atoms with van der Waals surface area (Å²) in [6, 6.07) is -0.715. The van der Waals surface area contributed by atoms with Gasteiger partial charge >= 0.3 is 23.9 Å². The smallest absolute Gasteiger partial charge is 0.323 e. The molecule has 13 heteroatoms. The zero-order valence-corrected chi connectivity index (χ0v) is 31.8. The Bertz CT molecular complexity index is 1010. The molecule has 1 aliphatic rings. The molecule has 13 nitrogen and oxygen atoms in total. The molecule has 0 aromatic carbocycles. The lowest BCUT2D eigenvalue weighted by molar-refractivity contribution is -0.163. The maximum Gasteiger partial charge on any atom is 0.323 e. The normalized spacial score (nSPS) is 18.2. The minimum absolute atomic E-state index is 0.0155. The summed E-state index contributed by atoms with van der Waals surface area (Å²) in [5.74, 6) is -1.56. The summed E-state index contributed by atoms with van der Waals surface area (Å²) in [5, 5.41) is 0. The van der Waals surface area contributed by atoms with Crippen LogP contribution in [0.25, 0.3) is 0 Å². The number of hydrogen-bond acceptors (Lipinski definition) is 13. The number of nitrogens with zero attached hydrogens (tertiary/aromatic N) is 4. The molecule has 0 spiro atoms. The van der Waals surface area contributed by atoms with Crippen molar-refractivity contribution in [1.29, 1.82) is 0 Å². The number of esters is 4. The highest BCUT2D eigenvalue weighted by Gasteiger charge is 2.32. The van der Waals surface area contributed by atoms with E-state index in [-0.39, 0.29) is 50.4 Å². The van der Waals surface area contributed by atoms with Crippen LogP contribution in [0.4, 0.5) is 0 Å². The van der Waals surface area contributed by atoms with Gasteiger partial charge in [0.25, 0.3) is 0 Å². The van der Waals surface area contributed by atoms with Crippen molar-refractivity contribution in [2.75, 3.05) is 72.0 Å². The molecule has 278 valence electrons. The van der Waals surface area contributed by atoms with Gasteiger partial charge in [0, 0.05) is 58.8 Å². The molecule has 0 radical (unpaired) electrons. The van der Waals surface area contributed by atoms with Gasteiger partial charge in [0.1, 0.15) is 34.7 Å². The highest BCUT2D eigenvalue weighted by atomic mass is 16.6. The lowest BCUT2D eigenvalue weighted by Crippen LogP contribution is -2.53. The maximum atomic E-state index is 13.5. The molecule has 0 bridgehead atoms. The molecule has 1 aliphatic heterocycles. The van der Waals surface area contributed by atoms with Gasteiger partial charge in [-0.05, 0) is 89.5 Å². The fourth-order valence-corrected chi connectivity index (χ4v) is 5.05. The highest BCUT2D eigenvalue weighted by Crippen LogP contribution is 2.17. The Labute approximate surface area is 288 Å². The van der Waals surface area contributed by atoms with E-state index in [4.69, 9.17) is 18.9 Å². The van der Waals surface area contributed by atoms with Gasteiger partial charge in [0.05, 0.1) is 19.6 Å². The van der Waals surface area contributed by atoms with E-state index in [0.717, 1.165) is 6.29 Å². The van der Waals surface area contributed by atoms with Crippen LogP contribution in [0.2, 0.25) is 0 Å². The Morgan fingerprint density at radius 3 is 1.08 bits per heavy atom. The van der Waals surface area contributed by atoms with Crippen LogP contribution < -0.4 is 0 Å². The van der Waals surface area contributed by atoms with Crippen molar-refractivity contribution in [2.24, 2.45) is 0 Å². The maximum absolute atomic E-state index is 13.5. The van der Waals surface area contributed by atoms with Crippen LogP contribution in [0.15, 0.2) is 0 Å². The average molecular weight is 685 g/mol. The Balaban J connectivity index is 3.46. The summed E-state index contributed by atoms with van der Waals surface area (Å²) in [5.41, 5.74) is -2.70. The first-order valence-electron chi connectivity index (χ1n) is 17.1. The third-order valence-corrected chi connectivity index (χ3v) is 6.87. The lowest BCUT2D eigenvalue weighted by Gasteiger charge is -2.37. The monoisotopic (exact) mass is 684 g/mol. The second-order valence-electron chi connectivity index (χ2n) is 16.4. The van der Waals surface area contributed by atoms with Crippen LogP contribution in [0.5, 0.6) is 0 Å². The summed E-state index contributed by atoms with van der Waals surface area (Å²) in [6.07, 6.45) is 1.22. The zero-order chi connectivity index (χ0) is 36.9. The Morgan fingerprint density at radius 1 is 0.521 bits per heavy atom. The van der Waals surface area contributed by atoms with E-state index < -0.39 is 34.4 Å². The minimum atomic E-state index is -0.730. The SMILES string of the molecule is CC(C)(C)OC(=O)CN1CCN(CC(=O)OC(C)(C)C)CCN(C(CCC=O)C(=O)OC(C)(C)C)CCN(CC(=O)OC(C)(C)C)CC1. The number of carbonyl (C=O) groups is 5. The molecule has 48 heavy (non-hydrogen) atoms. The Morgan fingerprint density at radius 2 is 0.812 bits per heavy atom. The number of ether oxygens (including phenoxy) is 4. The molecule has 1 heterocycles. The van der Waals surface area contributed by atoms with Gasteiger partial charge < -0.3 is 23.7 Å². The van der Waals surface area contributed by atoms with Crippen molar-refractivity contribution in [2.45, 2.75) is 124 Å². The molecule has 0 amide bonds. The summed E-state index contributed by atoms with van der Waals surface area (Å²) in [4.78, 5) is 71.6. The predicted molar refractivity (Wildman–Crippen MR) is 183 cm³/mol. The zero-order valence-electron chi connectivity index (χ0n) is 31.8. The summed E-state index contributed by atoms with van der Waals surface area (Å²) >= 11 is 0. The molecular weight excluding hydrogens is 620 g/mol. The first-order chi connectivity index (χ1) is 21.9. The quantitative estimate of drug-likeness (QED) is 0.180. The van der Waals surface area contributed by atoms with Gasteiger partial charge in [0.2, 0.25) is 0 Å². The fourth-order valence-electron chi connectivity index (χ4n) is 5.05. The van der Waals surface area contributed by atoms with Crippen molar-refractivity contribution >= 4 is 30.2 Å². The number of aldehydes is 1. The van der Waals surface area contributed by atoms with E-state index in [1.165, 1.54) is 0 Å². The predicted octanol–water partition coefficient (Wildman–Crippen LogP) is 2.92. The van der Waals surface area contributed by atoms with Crippen molar-refractivity contribution in [3.8, 4) is 0 Å². The number of rotatable bonds is 11. The van der Waals surface area contributed by atoms with Crippen molar-refractivity contribution < 1.29 is 42.9 Å². The minimum Gasteiger partial charge on any atom is -0.459 e. The molecule has 0 aromatic heterocycles. The topological polar surface area (TPSA) is 135 Å². The second-order valence-corrected chi connectivity index (χ2v) is 16.4. The molecule has 0 aromatic rings. The van der Waals surface area contributed by atoms with Gasteiger partial charge in [-0.2, -0.15) is 0 Å². The Hall–Kier alpha value is -2.61. The van der Waals surface area contributed by atoms with Crippen molar-refractivity contribution in [3.63, 3.8) is 0 Å². The van der Waals surface area contributed by atoms with Gasteiger partial charge in [0.15, 0.2) is 0 Å². The van der Waals surface area contributed by atoms with Gasteiger partial charge in [-0.25, -0.2) is 0 Å². The van der Waals surface area contributed by atoms with Crippen LogP contribution in [-0.2, 0) is 42.9 Å². The van der Waals surface area contributed by atoms with Crippen molar-refractivity contribution in [1.82, 2.24) is 19.6 Å². The van der Waals surface area contributed by atoms with E-state index in [0.29, 0.717) is 52.4 Å². The van der Waals surface area contributed by atoms with E-state index in [2.05, 4.69) is 0 Å². The summed E-state index contributed by atoms with van der Waals surface area (Å²) in [7, 11) is 0. The van der Waals surface area contributed by atoms with E-state index >= 15 is 0 Å². The Kier molecular flexibility index (Phi) is 17.1. The molecular formula is C35H64N4O9. The van der Waals surface area contributed by atoms with E-state index in [9.17, 15) is 24.0 Å². The molecule has 1 saturated heterocycles. The molecule has 0 saturated carbocycles. The summed E-state index contributed by atoms with van der Waals surface area (Å²) < 4.78 is 22.6. The standard InChI is InChI=1S/C35H64N4O9/c1-32(2,3)45-28(41)24-36-15-17-37(25-29(42)46-33(4,5)6)19-21-39(27(14-13-23-40)31(44)48-35(10,11)12)22-20-38(18-16-36)26-30(43)47-34(7,8)9/h23,27H,13-22,24-26H2,1-12H3. The van der Waals surface area contributed by atoms with Crippen LogP contribution >= 0.6 is 0 Å². The molecule has 0 N–H and O–H groups in total. The first kappa shape index (κ1) is 43.4. The molecule has 0 aliphatic carbocycles. The lowest BCUT2D eigenvalue weighted by atomic mass is 10.1. The van der Waals surface area contributed by atoms with E-state index in [1.54, 1.807) is 20.8 Å². The van der Waals surface area contributed by atoms with Gasteiger partial charge in [-0.1, -0.05) is 0 Å². The summed E-state index contributed by atoms with van der Waals surface area (Å²) in [6.45, 7) is 25.0. The first-order valence-corrected chi connectivity index (χ1v) is 17.1.